The summed E-state index contributed by atoms with van der Waals surface area (Å²) in [6.07, 6.45) is -6.38. The van der Waals surface area contributed by atoms with Crippen molar-refractivity contribution in [2.75, 3.05) is 0 Å². The second-order valence-electron chi connectivity index (χ2n) is 3.01. The van der Waals surface area contributed by atoms with Gasteiger partial charge in [-0.05, 0) is 12.8 Å². The average molecular weight is 249 g/mol. The van der Waals surface area contributed by atoms with Gasteiger partial charge >= 0.3 is 0 Å². The molecule has 0 bridgehead atoms. The lowest BCUT2D eigenvalue weighted by Crippen LogP contribution is -2.40. The normalized spacial score (nSPS) is 43.5. The Balaban J connectivity index is 2.60. The van der Waals surface area contributed by atoms with Gasteiger partial charge in [-0.2, -0.15) is 0 Å². The third kappa shape index (κ3) is 2.12. The standard InChI is InChI=1S/C7H9BrF4/c8-3-1-4(9)6(7(11)12)5(10)2-3/h3-7H,1-2H2. The van der Waals surface area contributed by atoms with Crippen molar-refractivity contribution in [3.63, 3.8) is 0 Å². The number of hydrogen-bond donors (Lipinski definition) is 0. The Labute approximate surface area is 76.5 Å². The predicted molar refractivity (Wildman–Crippen MR) is 41.2 cm³/mol. The van der Waals surface area contributed by atoms with Crippen LogP contribution in [0, 0.1) is 5.92 Å². The first kappa shape index (κ1) is 10.3. The van der Waals surface area contributed by atoms with Gasteiger partial charge in [0.25, 0.3) is 0 Å². The van der Waals surface area contributed by atoms with E-state index in [0.717, 1.165) is 0 Å². The van der Waals surface area contributed by atoms with E-state index in [0.29, 0.717) is 0 Å². The molecule has 1 rings (SSSR count). The average Bonchev–Trinajstić information content (AvgIpc) is 1.82. The molecule has 0 N–H and O–H groups in total. The summed E-state index contributed by atoms with van der Waals surface area (Å²) in [6.45, 7) is 0. The fourth-order valence-corrected chi connectivity index (χ4v) is 2.16. The number of rotatable bonds is 1. The van der Waals surface area contributed by atoms with Crippen molar-refractivity contribution >= 4 is 15.9 Å². The molecular formula is C7H9BrF4. The smallest absolute Gasteiger partial charge is 0.247 e. The molecule has 0 amide bonds. The van der Waals surface area contributed by atoms with Crippen LogP contribution in [-0.4, -0.2) is 23.6 Å². The van der Waals surface area contributed by atoms with Gasteiger partial charge in [-0.3, -0.25) is 0 Å². The van der Waals surface area contributed by atoms with Gasteiger partial charge in [0.1, 0.15) is 12.3 Å². The monoisotopic (exact) mass is 248 g/mol. The van der Waals surface area contributed by atoms with E-state index in [1.54, 1.807) is 0 Å². The molecule has 0 aliphatic heterocycles. The summed E-state index contributed by atoms with van der Waals surface area (Å²) in [5, 5.41) is 0. The second kappa shape index (κ2) is 3.94. The van der Waals surface area contributed by atoms with Crippen molar-refractivity contribution in [1.82, 2.24) is 0 Å². The van der Waals surface area contributed by atoms with Crippen molar-refractivity contribution in [2.45, 2.75) is 36.4 Å². The maximum absolute atomic E-state index is 12.8. The van der Waals surface area contributed by atoms with Crippen LogP contribution in [0.1, 0.15) is 12.8 Å². The van der Waals surface area contributed by atoms with E-state index in [-0.39, 0.29) is 17.7 Å². The molecule has 0 aromatic rings. The van der Waals surface area contributed by atoms with Gasteiger partial charge in [0, 0.05) is 4.83 Å². The Hall–Kier alpha value is 0.200. The summed E-state index contributed by atoms with van der Waals surface area (Å²) in [4.78, 5) is -0.308. The molecular weight excluding hydrogens is 240 g/mol. The van der Waals surface area contributed by atoms with E-state index in [1.165, 1.54) is 0 Å². The molecule has 12 heavy (non-hydrogen) atoms. The molecule has 0 aromatic carbocycles. The second-order valence-corrected chi connectivity index (χ2v) is 4.31. The summed E-state index contributed by atoms with van der Waals surface area (Å²) in [7, 11) is 0. The van der Waals surface area contributed by atoms with E-state index in [9.17, 15) is 17.6 Å². The molecule has 0 saturated heterocycles. The van der Waals surface area contributed by atoms with Gasteiger partial charge in [-0.25, -0.2) is 17.6 Å². The lowest BCUT2D eigenvalue weighted by Gasteiger charge is -2.31. The third-order valence-electron chi connectivity index (χ3n) is 2.09. The number of halogens is 5. The van der Waals surface area contributed by atoms with Crippen LogP contribution in [0.5, 0.6) is 0 Å². The predicted octanol–water partition coefficient (Wildman–Crippen LogP) is 3.10. The summed E-state index contributed by atoms with van der Waals surface area (Å²) >= 11 is 3.02. The van der Waals surface area contributed by atoms with Crippen LogP contribution in [0.15, 0.2) is 0 Å². The minimum atomic E-state index is -2.89. The molecule has 5 heteroatoms. The lowest BCUT2D eigenvalue weighted by atomic mass is 9.86. The zero-order valence-corrected chi connectivity index (χ0v) is 7.78. The molecule has 0 radical (unpaired) electrons. The molecule has 1 aliphatic rings. The summed E-state index contributed by atoms with van der Waals surface area (Å²) < 4.78 is 49.8. The first-order valence-electron chi connectivity index (χ1n) is 3.72. The number of alkyl halides is 5. The molecule has 0 nitrogen and oxygen atoms in total. The lowest BCUT2D eigenvalue weighted by molar-refractivity contribution is -0.0364. The van der Waals surface area contributed by atoms with Crippen LogP contribution >= 0.6 is 15.9 Å². The van der Waals surface area contributed by atoms with Crippen LogP contribution in [0.2, 0.25) is 0 Å². The molecule has 0 spiro atoms. The van der Waals surface area contributed by atoms with Gasteiger partial charge in [0.05, 0.1) is 5.92 Å². The van der Waals surface area contributed by atoms with Crippen molar-refractivity contribution in [2.24, 2.45) is 5.92 Å². The molecule has 72 valence electrons. The first-order valence-corrected chi connectivity index (χ1v) is 4.64. The highest BCUT2D eigenvalue weighted by Gasteiger charge is 2.42. The molecule has 2 unspecified atom stereocenters. The van der Waals surface area contributed by atoms with E-state index >= 15 is 0 Å². The van der Waals surface area contributed by atoms with Crippen molar-refractivity contribution in [3.05, 3.63) is 0 Å². The molecule has 1 saturated carbocycles. The molecule has 0 aromatic heterocycles. The van der Waals surface area contributed by atoms with Gasteiger partial charge < -0.3 is 0 Å². The van der Waals surface area contributed by atoms with E-state index in [4.69, 9.17) is 0 Å². The zero-order chi connectivity index (χ0) is 9.30. The van der Waals surface area contributed by atoms with E-state index < -0.39 is 24.7 Å². The van der Waals surface area contributed by atoms with Gasteiger partial charge in [-0.15, -0.1) is 0 Å². The molecule has 1 fully saturated rings. The zero-order valence-electron chi connectivity index (χ0n) is 6.19. The number of hydrogen-bond acceptors (Lipinski definition) is 0. The van der Waals surface area contributed by atoms with Crippen LogP contribution in [-0.2, 0) is 0 Å². The van der Waals surface area contributed by atoms with Crippen LogP contribution in [0.4, 0.5) is 17.6 Å². The maximum Gasteiger partial charge on any atom is 0.247 e. The minimum absolute atomic E-state index is 0.0184. The van der Waals surface area contributed by atoms with E-state index in [1.807, 2.05) is 0 Å². The van der Waals surface area contributed by atoms with Crippen LogP contribution < -0.4 is 0 Å². The van der Waals surface area contributed by atoms with Gasteiger partial charge in [0.2, 0.25) is 6.43 Å². The van der Waals surface area contributed by atoms with Crippen LogP contribution in [0.3, 0.4) is 0 Å². The Morgan fingerprint density at radius 2 is 1.50 bits per heavy atom. The minimum Gasteiger partial charge on any atom is -0.247 e. The van der Waals surface area contributed by atoms with E-state index in [2.05, 4.69) is 15.9 Å². The van der Waals surface area contributed by atoms with Crippen molar-refractivity contribution < 1.29 is 17.6 Å². The van der Waals surface area contributed by atoms with Crippen molar-refractivity contribution in [3.8, 4) is 0 Å². The Morgan fingerprint density at radius 1 is 1.08 bits per heavy atom. The largest absolute Gasteiger partial charge is 0.247 e. The fraction of sp³-hybridized carbons (Fsp3) is 1.00. The highest BCUT2D eigenvalue weighted by molar-refractivity contribution is 9.09. The quantitative estimate of drug-likeness (QED) is 0.494. The first-order chi connectivity index (χ1) is 5.52. The Bertz CT molecular complexity index is 140. The summed E-state index contributed by atoms with van der Waals surface area (Å²) in [5.41, 5.74) is 0. The summed E-state index contributed by atoms with van der Waals surface area (Å²) in [6, 6.07) is 0. The molecule has 0 heterocycles. The molecule has 1 aliphatic carbocycles. The van der Waals surface area contributed by atoms with Crippen molar-refractivity contribution in [1.29, 1.82) is 0 Å². The van der Waals surface area contributed by atoms with Gasteiger partial charge in [-0.1, -0.05) is 15.9 Å². The fourth-order valence-electron chi connectivity index (χ4n) is 1.44. The third-order valence-corrected chi connectivity index (χ3v) is 2.84. The maximum atomic E-state index is 12.8. The van der Waals surface area contributed by atoms with Crippen LogP contribution in [0.25, 0.3) is 0 Å². The highest BCUT2D eigenvalue weighted by atomic mass is 79.9. The topological polar surface area (TPSA) is 0 Å². The highest BCUT2D eigenvalue weighted by Crippen LogP contribution is 2.36. The summed E-state index contributed by atoms with van der Waals surface area (Å²) in [5.74, 6) is -1.72. The SMILES string of the molecule is FC(F)C1C(F)CC(Br)CC1F. The molecule has 2 atom stereocenters. The Kier molecular flexibility index (Phi) is 3.37. The Morgan fingerprint density at radius 3 is 1.83 bits per heavy atom. The van der Waals surface area contributed by atoms with Gasteiger partial charge in [0.15, 0.2) is 0 Å².